The number of fused-ring (bicyclic) bond motifs is 1. The van der Waals surface area contributed by atoms with Crippen molar-refractivity contribution < 1.29 is 27.5 Å². The Labute approximate surface area is 171 Å². The van der Waals surface area contributed by atoms with E-state index in [2.05, 4.69) is 15.3 Å². The number of rotatable bonds is 5. The number of hydrogen-bond acceptors (Lipinski definition) is 4. The molecule has 2 heterocycles. The Hall–Kier alpha value is -3.04. The van der Waals surface area contributed by atoms with Gasteiger partial charge in [0, 0.05) is 24.2 Å². The van der Waals surface area contributed by atoms with E-state index in [-0.39, 0.29) is 18.0 Å². The highest BCUT2D eigenvalue weighted by Crippen LogP contribution is 2.35. The fraction of sp³-hybridized carbons (Fsp3) is 0.450. The number of hydrogen-bond donors (Lipinski definition) is 2. The van der Waals surface area contributed by atoms with E-state index >= 15 is 0 Å². The van der Waals surface area contributed by atoms with Crippen LogP contribution in [-0.2, 0) is 16.0 Å². The van der Waals surface area contributed by atoms with Gasteiger partial charge in [-0.25, -0.2) is 27.7 Å². The maximum Gasteiger partial charge on any atom is 0.328 e. The summed E-state index contributed by atoms with van der Waals surface area (Å²) in [7, 11) is 1.22. The van der Waals surface area contributed by atoms with E-state index in [1.807, 2.05) is 6.92 Å². The molecule has 0 aliphatic carbocycles. The van der Waals surface area contributed by atoms with Crippen LogP contribution in [0, 0.1) is 23.4 Å². The van der Waals surface area contributed by atoms with Gasteiger partial charge >= 0.3 is 12.0 Å². The highest BCUT2D eigenvalue weighted by atomic mass is 19.2. The molecule has 1 aliphatic heterocycles. The molecule has 0 radical (unpaired) electrons. The van der Waals surface area contributed by atoms with E-state index in [0.29, 0.717) is 24.2 Å². The number of imidazole rings is 1. The SMILES string of the molecule is CC[C@@H](C)[C@H](NC(=O)N1CCc2[nH]cnc2C1c1ccc(F)c(F)c1F)C(=O)OC. The average Bonchev–Trinajstić information content (AvgIpc) is 3.23. The van der Waals surface area contributed by atoms with Crippen molar-refractivity contribution in [3.8, 4) is 0 Å². The summed E-state index contributed by atoms with van der Waals surface area (Å²) in [5, 5.41) is 2.64. The lowest BCUT2D eigenvalue weighted by Gasteiger charge is -2.36. The molecule has 7 nitrogen and oxygen atoms in total. The second kappa shape index (κ2) is 8.76. The van der Waals surface area contributed by atoms with Crippen LogP contribution in [0.5, 0.6) is 0 Å². The van der Waals surface area contributed by atoms with Gasteiger partial charge in [-0.2, -0.15) is 0 Å². The van der Waals surface area contributed by atoms with Crippen molar-refractivity contribution in [1.82, 2.24) is 20.2 Å². The molecule has 162 valence electrons. The van der Waals surface area contributed by atoms with Crippen LogP contribution in [0.3, 0.4) is 0 Å². The third-order valence-corrected chi connectivity index (χ3v) is 5.49. The molecule has 10 heteroatoms. The molecule has 3 rings (SSSR count). The minimum Gasteiger partial charge on any atom is -0.467 e. The van der Waals surface area contributed by atoms with Gasteiger partial charge in [-0.3, -0.25) is 0 Å². The van der Waals surface area contributed by atoms with Crippen molar-refractivity contribution in [3.05, 3.63) is 52.9 Å². The molecule has 1 unspecified atom stereocenters. The van der Waals surface area contributed by atoms with Crippen LogP contribution < -0.4 is 5.32 Å². The molecule has 0 saturated heterocycles. The number of H-pyrrole nitrogens is 1. The van der Waals surface area contributed by atoms with Crippen LogP contribution in [-0.4, -0.2) is 46.6 Å². The molecule has 1 aromatic carbocycles. The molecule has 1 aromatic heterocycles. The predicted octanol–water partition coefficient (Wildman–Crippen LogP) is 3.07. The number of ether oxygens (including phenoxy) is 1. The smallest absolute Gasteiger partial charge is 0.328 e. The summed E-state index contributed by atoms with van der Waals surface area (Å²) >= 11 is 0. The zero-order valence-electron chi connectivity index (χ0n) is 16.8. The quantitative estimate of drug-likeness (QED) is 0.571. The first-order valence-corrected chi connectivity index (χ1v) is 9.60. The Morgan fingerprint density at radius 1 is 1.33 bits per heavy atom. The van der Waals surface area contributed by atoms with Gasteiger partial charge in [-0.15, -0.1) is 0 Å². The Balaban J connectivity index is 2.00. The van der Waals surface area contributed by atoms with Crippen molar-refractivity contribution in [2.75, 3.05) is 13.7 Å². The number of methoxy groups -OCH3 is 1. The number of urea groups is 1. The van der Waals surface area contributed by atoms with Gasteiger partial charge < -0.3 is 19.9 Å². The van der Waals surface area contributed by atoms with Crippen molar-refractivity contribution in [2.24, 2.45) is 5.92 Å². The average molecular weight is 424 g/mol. The molecular formula is C20H23F3N4O3. The van der Waals surface area contributed by atoms with E-state index < -0.39 is 41.5 Å². The number of nitrogens with zero attached hydrogens (tertiary/aromatic N) is 2. The molecule has 1 aliphatic rings. The highest BCUT2D eigenvalue weighted by molar-refractivity contribution is 5.84. The fourth-order valence-electron chi connectivity index (χ4n) is 3.57. The first-order valence-electron chi connectivity index (χ1n) is 9.60. The molecule has 30 heavy (non-hydrogen) atoms. The first kappa shape index (κ1) is 21.7. The lowest BCUT2D eigenvalue weighted by molar-refractivity contribution is -0.144. The van der Waals surface area contributed by atoms with Crippen molar-refractivity contribution in [3.63, 3.8) is 0 Å². The minimum absolute atomic E-state index is 0.151. The van der Waals surface area contributed by atoms with E-state index in [9.17, 15) is 22.8 Å². The first-order chi connectivity index (χ1) is 14.3. The van der Waals surface area contributed by atoms with Gasteiger partial charge in [0.25, 0.3) is 0 Å². The lowest BCUT2D eigenvalue weighted by atomic mass is 9.95. The van der Waals surface area contributed by atoms with Crippen LogP contribution in [0.2, 0.25) is 0 Å². The Morgan fingerprint density at radius 2 is 2.07 bits per heavy atom. The summed E-state index contributed by atoms with van der Waals surface area (Å²) in [5.74, 6) is -5.16. The van der Waals surface area contributed by atoms with Crippen molar-refractivity contribution in [2.45, 2.75) is 38.8 Å². The van der Waals surface area contributed by atoms with Crippen LogP contribution in [0.1, 0.15) is 43.3 Å². The zero-order chi connectivity index (χ0) is 22.0. The summed E-state index contributed by atoms with van der Waals surface area (Å²) in [5.41, 5.74) is 0.773. The van der Waals surface area contributed by atoms with Crippen molar-refractivity contribution >= 4 is 12.0 Å². The largest absolute Gasteiger partial charge is 0.467 e. The minimum atomic E-state index is -1.62. The van der Waals surface area contributed by atoms with E-state index in [1.165, 1.54) is 18.3 Å². The van der Waals surface area contributed by atoms with Crippen LogP contribution >= 0.6 is 0 Å². The third-order valence-electron chi connectivity index (χ3n) is 5.49. The number of nitrogens with one attached hydrogen (secondary N) is 2. The standard InChI is InChI=1S/C20H23F3N4O3/c1-4-10(2)16(19(28)30-3)26-20(29)27-8-7-13-17(25-9-24-13)18(27)11-5-6-12(21)15(23)14(11)22/h5-6,9-10,16,18H,4,7-8H2,1-3H3,(H,24,25)(H,26,29)/t10-,16+,18?/m1/s1. The normalized spacial score (nSPS) is 17.8. The van der Waals surface area contributed by atoms with Gasteiger partial charge in [0.15, 0.2) is 17.5 Å². The summed E-state index contributed by atoms with van der Waals surface area (Å²) in [4.78, 5) is 33.6. The van der Waals surface area contributed by atoms with Crippen LogP contribution in [0.15, 0.2) is 18.5 Å². The van der Waals surface area contributed by atoms with Gasteiger partial charge in [-0.1, -0.05) is 26.3 Å². The second-order valence-corrected chi connectivity index (χ2v) is 7.21. The molecule has 3 atom stereocenters. The number of halogens is 3. The fourth-order valence-corrected chi connectivity index (χ4v) is 3.57. The number of carbonyl (C=O) groups excluding carboxylic acids is 2. The molecule has 0 spiro atoms. The number of aromatic nitrogens is 2. The number of carbonyl (C=O) groups is 2. The Morgan fingerprint density at radius 3 is 2.73 bits per heavy atom. The Kier molecular flexibility index (Phi) is 6.33. The summed E-state index contributed by atoms with van der Waals surface area (Å²) < 4.78 is 46.8. The van der Waals surface area contributed by atoms with Crippen molar-refractivity contribution in [1.29, 1.82) is 0 Å². The number of amides is 2. The maximum atomic E-state index is 14.6. The van der Waals surface area contributed by atoms with Gasteiger partial charge in [0.2, 0.25) is 0 Å². The predicted molar refractivity (Wildman–Crippen MR) is 101 cm³/mol. The lowest BCUT2D eigenvalue weighted by Crippen LogP contribution is -2.53. The topological polar surface area (TPSA) is 87.3 Å². The number of esters is 1. The van der Waals surface area contributed by atoms with E-state index in [4.69, 9.17) is 4.74 Å². The summed E-state index contributed by atoms with van der Waals surface area (Å²) in [6, 6.07) is -0.766. The molecule has 2 amide bonds. The molecule has 2 aromatic rings. The van der Waals surface area contributed by atoms with Crippen LogP contribution in [0.25, 0.3) is 0 Å². The molecule has 0 bridgehead atoms. The van der Waals surface area contributed by atoms with Gasteiger partial charge in [0.1, 0.15) is 12.1 Å². The maximum absolute atomic E-state index is 14.6. The van der Waals surface area contributed by atoms with Gasteiger partial charge in [0.05, 0.1) is 19.1 Å². The zero-order valence-corrected chi connectivity index (χ0v) is 16.8. The monoisotopic (exact) mass is 424 g/mol. The van der Waals surface area contributed by atoms with Crippen LogP contribution in [0.4, 0.5) is 18.0 Å². The Bertz CT molecular complexity index is 949. The molecule has 0 saturated carbocycles. The van der Waals surface area contributed by atoms with E-state index in [1.54, 1.807) is 6.92 Å². The molecule has 2 N–H and O–H groups in total. The number of benzene rings is 1. The highest BCUT2D eigenvalue weighted by Gasteiger charge is 2.38. The molecule has 0 fully saturated rings. The summed E-state index contributed by atoms with van der Waals surface area (Å²) in [6.07, 6.45) is 2.40. The van der Waals surface area contributed by atoms with Gasteiger partial charge in [-0.05, 0) is 12.0 Å². The summed E-state index contributed by atoms with van der Waals surface area (Å²) in [6.45, 7) is 3.80. The molecular weight excluding hydrogens is 401 g/mol. The second-order valence-electron chi connectivity index (χ2n) is 7.21. The van der Waals surface area contributed by atoms with E-state index in [0.717, 1.165) is 12.1 Å². The third kappa shape index (κ3) is 3.86. The number of aromatic amines is 1.